The van der Waals surface area contributed by atoms with E-state index in [1.54, 1.807) is 17.2 Å². The largest absolute Gasteiger partial charge is 0.471 e. The first-order valence-electron chi connectivity index (χ1n) is 8.28. The van der Waals surface area contributed by atoms with Crippen LogP contribution in [0.1, 0.15) is 29.0 Å². The summed E-state index contributed by atoms with van der Waals surface area (Å²) >= 11 is 0. The van der Waals surface area contributed by atoms with Crippen LogP contribution in [0, 0.1) is 6.92 Å². The van der Waals surface area contributed by atoms with Gasteiger partial charge in [-0.25, -0.2) is 4.98 Å². The summed E-state index contributed by atoms with van der Waals surface area (Å²) in [6, 6.07) is 3.66. The number of aromatic nitrogens is 4. The van der Waals surface area contributed by atoms with Crippen molar-refractivity contribution in [1.29, 1.82) is 0 Å². The first-order valence-corrected chi connectivity index (χ1v) is 8.28. The minimum absolute atomic E-state index is 0.101. The third-order valence-electron chi connectivity index (χ3n) is 4.04. The number of rotatable bonds is 4. The van der Waals surface area contributed by atoms with Crippen molar-refractivity contribution in [3.8, 4) is 5.88 Å². The number of carbonyl (C=O) groups excluding carboxylic acids is 1. The van der Waals surface area contributed by atoms with Crippen molar-refractivity contribution >= 4 is 11.7 Å². The van der Waals surface area contributed by atoms with Crippen molar-refractivity contribution in [2.75, 3.05) is 32.1 Å². The molecule has 0 spiro atoms. The van der Waals surface area contributed by atoms with Gasteiger partial charge in [-0.15, -0.1) is 10.2 Å². The lowest BCUT2D eigenvalue weighted by Crippen LogP contribution is -2.44. The number of aryl methyl sites for hydroxylation is 1. The molecule has 2 aromatic rings. The Morgan fingerprint density at radius 1 is 1.24 bits per heavy atom. The van der Waals surface area contributed by atoms with Gasteiger partial charge in [-0.2, -0.15) is 0 Å². The summed E-state index contributed by atoms with van der Waals surface area (Å²) in [5, 5.41) is 8.20. The molecule has 1 unspecified atom stereocenters. The lowest BCUT2D eigenvalue weighted by atomic mass is 10.1. The molecule has 8 nitrogen and oxygen atoms in total. The predicted octanol–water partition coefficient (Wildman–Crippen LogP) is 1.32. The Labute approximate surface area is 146 Å². The van der Waals surface area contributed by atoms with E-state index in [0.29, 0.717) is 24.7 Å². The quantitative estimate of drug-likeness (QED) is 0.828. The maximum Gasteiger partial charge on any atom is 0.274 e. The SMILES string of the molecule is Cc1cnc(C(=O)N2CCCC(Oc3ccc(N(C)C)nn3)C2)cn1. The molecule has 0 N–H and O–H groups in total. The van der Waals surface area contributed by atoms with E-state index in [-0.39, 0.29) is 12.0 Å². The lowest BCUT2D eigenvalue weighted by Gasteiger charge is -2.32. The van der Waals surface area contributed by atoms with Gasteiger partial charge in [0.2, 0.25) is 5.88 Å². The molecule has 0 aromatic carbocycles. The summed E-state index contributed by atoms with van der Waals surface area (Å²) < 4.78 is 5.90. The van der Waals surface area contributed by atoms with E-state index >= 15 is 0 Å². The van der Waals surface area contributed by atoms with Gasteiger partial charge in [0.1, 0.15) is 11.8 Å². The number of hydrogen-bond donors (Lipinski definition) is 0. The lowest BCUT2D eigenvalue weighted by molar-refractivity contribution is 0.0520. The van der Waals surface area contributed by atoms with Gasteiger partial charge in [0.05, 0.1) is 18.4 Å². The maximum absolute atomic E-state index is 12.6. The summed E-state index contributed by atoms with van der Waals surface area (Å²) in [6.07, 6.45) is 4.77. The highest BCUT2D eigenvalue weighted by Crippen LogP contribution is 2.18. The fourth-order valence-corrected chi connectivity index (χ4v) is 2.67. The summed E-state index contributed by atoms with van der Waals surface area (Å²) in [6.45, 7) is 3.04. The number of anilines is 1. The van der Waals surface area contributed by atoms with E-state index in [2.05, 4.69) is 20.2 Å². The third-order valence-corrected chi connectivity index (χ3v) is 4.04. The predicted molar refractivity (Wildman–Crippen MR) is 92.7 cm³/mol. The van der Waals surface area contributed by atoms with Gasteiger partial charge in [0.25, 0.3) is 5.91 Å². The van der Waals surface area contributed by atoms with Crippen molar-refractivity contribution < 1.29 is 9.53 Å². The second kappa shape index (κ2) is 7.42. The smallest absolute Gasteiger partial charge is 0.274 e. The van der Waals surface area contributed by atoms with Crippen LogP contribution >= 0.6 is 0 Å². The molecule has 1 atom stereocenters. The normalized spacial score (nSPS) is 17.2. The van der Waals surface area contributed by atoms with Gasteiger partial charge in [-0.05, 0) is 25.8 Å². The summed E-state index contributed by atoms with van der Waals surface area (Å²) in [7, 11) is 3.81. The molecule has 1 fully saturated rings. The average molecular weight is 342 g/mol. The van der Waals surface area contributed by atoms with Crippen LogP contribution in [0.3, 0.4) is 0 Å². The second-order valence-electron chi connectivity index (χ2n) is 6.30. The topological polar surface area (TPSA) is 84.3 Å². The van der Waals surface area contributed by atoms with E-state index in [1.807, 2.05) is 32.0 Å². The zero-order valence-electron chi connectivity index (χ0n) is 14.7. The maximum atomic E-state index is 12.6. The van der Waals surface area contributed by atoms with Gasteiger partial charge in [0, 0.05) is 32.9 Å². The zero-order chi connectivity index (χ0) is 17.8. The fraction of sp³-hybridized carbons (Fsp3) is 0.471. The number of carbonyl (C=O) groups is 1. The molecule has 3 rings (SSSR count). The zero-order valence-corrected chi connectivity index (χ0v) is 14.7. The molecule has 132 valence electrons. The molecule has 0 aliphatic carbocycles. The van der Waals surface area contributed by atoms with Crippen LogP contribution in [0.15, 0.2) is 24.5 Å². The molecule has 0 bridgehead atoms. The highest BCUT2D eigenvalue weighted by Gasteiger charge is 2.26. The monoisotopic (exact) mass is 342 g/mol. The molecular weight excluding hydrogens is 320 g/mol. The van der Waals surface area contributed by atoms with Crippen LogP contribution in [0.25, 0.3) is 0 Å². The van der Waals surface area contributed by atoms with Gasteiger partial charge in [-0.3, -0.25) is 9.78 Å². The van der Waals surface area contributed by atoms with E-state index in [1.165, 1.54) is 6.20 Å². The Morgan fingerprint density at radius 3 is 2.72 bits per heavy atom. The fourth-order valence-electron chi connectivity index (χ4n) is 2.67. The molecule has 3 heterocycles. The first-order chi connectivity index (χ1) is 12.0. The molecule has 0 saturated carbocycles. The Bertz CT molecular complexity index is 717. The van der Waals surface area contributed by atoms with Gasteiger partial charge in [0.15, 0.2) is 5.82 Å². The Hall–Kier alpha value is -2.77. The van der Waals surface area contributed by atoms with Crippen LogP contribution in [0.4, 0.5) is 5.82 Å². The van der Waals surface area contributed by atoms with E-state index < -0.39 is 0 Å². The second-order valence-corrected chi connectivity index (χ2v) is 6.30. The minimum Gasteiger partial charge on any atom is -0.471 e. The standard InChI is InChI=1S/C17H22N6O2/c1-12-9-19-14(10-18-12)17(24)23-8-4-5-13(11-23)25-16-7-6-15(20-21-16)22(2)3/h6-7,9-10,13H,4-5,8,11H2,1-3H3. The van der Waals surface area contributed by atoms with Crippen LogP contribution in [-0.4, -0.2) is 64.3 Å². The van der Waals surface area contributed by atoms with Gasteiger partial charge < -0.3 is 14.5 Å². The third kappa shape index (κ3) is 4.20. The van der Waals surface area contributed by atoms with E-state index in [9.17, 15) is 4.79 Å². The molecule has 1 aliphatic rings. The summed E-state index contributed by atoms with van der Waals surface area (Å²) in [4.78, 5) is 24.5. The molecular formula is C17H22N6O2. The van der Waals surface area contributed by atoms with Crippen molar-refractivity contribution in [2.45, 2.75) is 25.9 Å². The van der Waals surface area contributed by atoms with Gasteiger partial charge in [-0.1, -0.05) is 0 Å². The summed E-state index contributed by atoms with van der Waals surface area (Å²) in [5.41, 5.74) is 1.15. The van der Waals surface area contributed by atoms with Crippen molar-refractivity contribution in [3.05, 3.63) is 35.9 Å². The number of hydrogen-bond acceptors (Lipinski definition) is 7. The molecule has 1 saturated heterocycles. The molecule has 2 aromatic heterocycles. The summed E-state index contributed by atoms with van der Waals surface area (Å²) in [5.74, 6) is 1.13. The number of likely N-dealkylation sites (tertiary alicyclic amines) is 1. The highest BCUT2D eigenvalue weighted by molar-refractivity contribution is 5.92. The highest BCUT2D eigenvalue weighted by atomic mass is 16.5. The Morgan fingerprint density at radius 2 is 2.08 bits per heavy atom. The molecule has 1 amide bonds. The molecule has 0 radical (unpaired) electrons. The molecule has 8 heteroatoms. The van der Waals surface area contributed by atoms with Crippen LogP contribution < -0.4 is 9.64 Å². The average Bonchev–Trinajstić information content (AvgIpc) is 2.62. The Kier molecular flexibility index (Phi) is 5.06. The van der Waals surface area contributed by atoms with Crippen molar-refractivity contribution in [3.63, 3.8) is 0 Å². The van der Waals surface area contributed by atoms with Crippen LogP contribution in [-0.2, 0) is 0 Å². The first kappa shape index (κ1) is 17.1. The molecule has 25 heavy (non-hydrogen) atoms. The van der Waals surface area contributed by atoms with Crippen LogP contribution in [0.2, 0.25) is 0 Å². The van der Waals surface area contributed by atoms with Crippen LogP contribution in [0.5, 0.6) is 5.88 Å². The van der Waals surface area contributed by atoms with E-state index in [4.69, 9.17) is 4.74 Å². The Balaban J connectivity index is 1.62. The van der Waals surface area contributed by atoms with E-state index in [0.717, 1.165) is 24.4 Å². The number of ether oxygens (including phenoxy) is 1. The number of nitrogens with zero attached hydrogens (tertiary/aromatic N) is 6. The van der Waals surface area contributed by atoms with Gasteiger partial charge >= 0.3 is 0 Å². The van der Waals surface area contributed by atoms with Crippen molar-refractivity contribution in [1.82, 2.24) is 25.1 Å². The van der Waals surface area contributed by atoms with Crippen molar-refractivity contribution in [2.24, 2.45) is 0 Å². The molecule has 1 aliphatic heterocycles. The number of amides is 1. The number of piperidine rings is 1. The minimum atomic E-state index is -0.116.